The van der Waals surface area contributed by atoms with Crippen LogP contribution in [0.3, 0.4) is 0 Å². The van der Waals surface area contributed by atoms with Crippen molar-refractivity contribution in [1.29, 1.82) is 0 Å². The molecule has 1 amide bonds. The summed E-state index contributed by atoms with van der Waals surface area (Å²) in [6, 6.07) is 15.4. The molecule has 0 heterocycles. The fourth-order valence-electron chi connectivity index (χ4n) is 6.44. The molecule has 4 fully saturated rings. The fourth-order valence-corrected chi connectivity index (χ4v) is 6.44. The van der Waals surface area contributed by atoms with Crippen LogP contribution in [0.25, 0.3) is 0 Å². The number of carbonyl (C=O) groups excluding carboxylic acids is 3. The number of anilines is 1. The molecule has 2 N–H and O–H groups in total. The van der Waals surface area contributed by atoms with E-state index >= 15 is 0 Å². The number of rotatable bonds is 9. The number of nitrogens with zero attached hydrogens (tertiary/aromatic N) is 1. The van der Waals surface area contributed by atoms with Gasteiger partial charge in [0.25, 0.3) is 5.91 Å². The quantitative estimate of drug-likeness (QED) is 0.177. The maximum atomic E-state index is 12.7. The Kier molecular flexibility index (Phi) is 6.87. The van der Waals surface area contributed by atoms with Gasteiger partial charge in [-0.25, -0.2) is 4.79 Å². The van der Waals surface area contributed by atoms with Gasteiger partial charge in [0.1, 0.15) is 13.2 Å². The number of ether oxygens (including phenoxy) is 2. The first-order valence-corrected chi connectivity index (χ1v) is 12.4. The second-order valence-corrected chi connectivity index (χ2v) is 10.4. The number of oxime groups is 1. The van der Waals surface area contributed by atoms with Gasteiger partial charge in [-0.1, -0.05) is 41.6 Å². The van der Waals surface area contributed by atoms with Crippen LogP contribution in [-0.4, -0.2) is 40.8 Å². The monoisotopic (exact) mass is 490 g/mol. The lowest BCUT2D eigenvalue weighted by Gasteiger charge is -2.56. The molecule has 0 atom stereocenters. The number of benzene rings is 2. The Morgan fingerprint density at radius 2 is 1.61 bits per heavy atom. The molecule has 0 radical (unpaired) electrons. The lowest BCUT2D eigenvalue weighted by atomic mass is 9.54. The summed E-state index contributed by atoms with van der Waals surface area (Å²) in [6.07, 6.45) is 6.62. The van der Waals surface area contributed by atoms with Crippen molar-refractivity contribution in [2.24, 2.45) is 22.9 Å². The van der Waals surface area contributed by atoms with Gasteiger partial charge >= 0.3 is 5.97 Å². The van der Waals surface area contributed by atoms with E-state index in [4.69, 9.17) is 9.47 Å². The summed E-state index contributed by atoms with van der Waals surface area (Å²) in [6.45, 7) is -0.180. The zero-order chi connectivity index (χ0) is 25.1. The minimum absolute atomic E-state index is 0.121. The highest BCUT2D eigenvalue weighted by Crippen LogP contribution is 2.57. The Balaban J connectivity index is 1.16. The lowest BCUT2D eigenvalue weighted by molar-refractivity contribution is -0.166. The van der Waals surface area contributed by atoms with E-state index in [0.29, 0.717) is 17.8 Å². The second kappa shape index (κ2) is 10.2. The molecule has 2 aromatic carbocycles. The van der Waals surface area contributed by atoms with E-state index in [2.05, 4.69) is 10.5 Å². The van der Waals surface area contributed by atoms with E-state index in [1.165, 1.54) is 25.3 Å². The van der Waals surface area contributed by atoms with Crippen LogP contribution in [0, 0.1) is 17.8 Å². The Bertz CT molecular complexity index is 1140. The van der Waals surface area contributed by atoms with E-state index in [1.54, 1.807) is 18.2 Å². The molecular weight excluding hydrogens is 460 g/mol. The van der Waals surface area contributed by atoms with Gasteiger partial charge in [-0.2, -0.15) is 0 Å². The van der Waals surface area contributed by atoms with Gasteiger partial charge in [-0.15, -0.1) is 0 Å². The molecule has 36 heavy (non-hydrogen) atoms. The Labute approximate surface area is 209 Å². The number of amides is 1. The molecule has 0 aliphatic heterocycles. The number of esters is 1. The van der Waals surface area contributed by atoms with Crippen molar-refractivity contribution in [3.05, 3.63) is 65.7 Å². The van der Waals surface area contributed by atoms with Crippen LogP contribution < -0.4 is 5.32 Å². The number of carbonyl (C=O) groups is 3. The van der Waals surface area contributed by atoms with Gasteiger partial charge in [0.2, 0.25) is 11.5 Å². The number of hydrogen-bond acceptors (Lipinski definition) is 7. The highest BCUT2D eigenvalue weighted by molar-refractivity contribution is 6.67. The molecule has 0 spiro atoms. The second-order valence-electron chi connectivity index (χ2n) is 10.4. The zero-order valence-corrected chi connectivity index (χ0v) is 20.0. The van der Waals surface area contributed by atoms with E-state index < -0.39 is 23.4 Å². The summed E-state index contributed by atoms with van der Waals surface area (Å²) < 4.78 is 11.4. The third-order valence-electron chi connectivity index (χ3n) is 7.64. The van der Waals surface area contributed by atoms with Gasteiger partial charge in [0, 0.05) is 5.69 Å². The number of nitrogens with one attached hydrogen (secondary N) is 1. The van der Waals surface area contributed by atoms with Crippen molar-refractivity contribution in [3.63, 3.8) is 0 Å². The van der Waals surface area contributed by atoms with Crippen LogP contribution in [-0.2, 0) is 25.7 Å². The number of Topliss-reactive ketones (excluding diaryl/α,β-unsaturated/α-hetero) is 1. The first-order valence-electron chi connectivity index (χ1n) is 12.4. The zero-order valence-electron chi connectivity index (χ0n) is 20.0. The van der Waals surface area contributed by atoms with Gasteiger partial charge in [0.15, 0.2) is 0 Å². The predicted octanol–water partition coefficient (Wildman–Crippen LogP) is 4.37. The van der Waals surface area contributed by atoms with Crippen LogP contribution in [0.5, 0.6) is 0 Å². The molecule has 4 bridgehead atoms. The van der Waals surface area contributed by atoms with Crippen LogP contribution >= 0.6 is 0 Å². The van der Waals surface area contributed by atoms with Gasteiger partial charge in [-0.3, -0.25) is 9.59 Å². The Hall–Kier alpha value is -3.52. The Morgan fingerprint density at radius 1 is 0.944 bits per heavy atom. The summed E-state index contributed by atoms with van der Waals surface area (Å²) in [5, 5.41) is 14.9. The summed E-state index contributed by atoms with van der Waals surface area (Å²) in [5.74, 6) is -0.117. The maximum Gasteiger partial charge on any atom is 0.338 e. The summed E-state index contributed by atoms with van der Waals surface area (Å²) in [5.41, 5.74) is 0.438. The van der Waals surface area contributed by atoms with Gasteiger partial charge in [0.05, 0.1) is 11.2 Å². The highest BCUT2D eigenvalue weighted by Gasteiger charge is 2.52. The van der Waals surface area contributed by atoms with Gasteiger partial charge < -0.3 is 20.0 Å². The molecule has 0 saturated heterocycles. The molecule has 2 aromatic rings. The van der Waals surface area contributed by atoms with E-state index in [9.17, 15) is 19.6 Å². The minimum Gasteiger partial charge on any atom is -0.457 e. The molecule has 4 aliphatic carbocycles. The third kappa shape index (κ3) is 5.33. The maximum absolute atomic E-state index is 12.7. The smallest absolute Gasteiger partial charge is 0.338 e. The van der Waals surface area contributed by atoms with Crippen LogP contribution in [0.2, 0.25) is 0 Å². The normalized spacial score (nSPS) is 26.4. The molecule has 8 nitrogen and oxygen atoms in total. The summed E-state index contributed by atoms with van der Waals surface area (Å²) >= 11 is 0. The topological polar surface area (TPSA) is 114 Å². The van der Waals surface area contributed by atoms with Crippen LogP contribution in [0.4, 0.5) is 5.69 Å². The molecular formula is C28H30N2O6. The summed E-state index contributed by atoms with van der Waals surface area (Å²) in [4.78, 5) is 37.9. The first-order chi connectivity index (χ1) is 17.4. The molecule has 6 rings (SSSR count). The standard InChI is InChI=1S/C28H30N2O6/c31-24(17-36-28-13-19-9-20(14-28)11-21(10-19)15-28)25(30-34)26(32)29-23-8-4-7-22(12-23)27(33)35-16-18-5-2-1-3-6-18/h1-8,12,19-21,34H,9-11,13-17H2,(H,29,32)/b30-25-. The molecule has 8 heteroatoms. The van der Waals surface area contributed by atoms with Crippen molar-refractivity contribution < 1.29 is 29.1 Å². The number of hydrogen-bond donors (Lipinski definition) is 2. The number of ketones is 1. The van der Waals surface area contributed by atoms with E-state index in [-0.39, 0.29) is 30.1 Å². The van der Waals surface area contributed by atoms with Gasteiger partial charge in [-0.05, 0) is 80.0 Å². The average Bonchev–Trinajstić information content (AvgIpc) is 2.86. The molecule has 4 saturated carbocycles. The van der Waals surface area contributed by atoms with Crippen LogP contribution in [0.15, 0.2) is 59.8 Å². The average molecular weight is 491 g/mol. The Morgan fingerprint density at radius 3 is 2.25 bits per heavy atom. The fraction of sp³-hybridized carbons (Fsp3) is 0.429. The molecule has 188 valence electrons. The van der Waals surface area contributed by atoms with Crippen molar-refractivity contribution >= 4 is 29.1 Å². The molecule has 0 unspecified atom stereocenters. The minimum atomic E-state index is -0.869. The van der Waals surface area contributed by atoms with Crippen molar-refractivity contribution in [2.45, 2.75) is 50.7 Å². The van der Waals surface area contributed by atoms with E-state index in [0.717, 1.165) is 24.8 Å². The SMILES string of the molecule is O=C(COC12CC3CC(CC(C3)C1)C2)/C(=N/O)C(=O)Nc1cccc(C(=O)OCc2ccccc2)c1. The van der Waals surface area contributed by atoms with E-state index in [1.807, 2.05) is 30.3 Å². The molecule has 0 aromatic heterocycles. The first kappa shape index (κ1) is 24.2. The summed E-state index contributed by atoms with van der Waals surface area (Å²) in [7, 11) is 0. The van der Waals surface area contributed by atoms with Crippen molar-refractivity contribution in [1.82, 2.24) is 0 Å². The molecule has 4 aliphatic rings. The van der Waals surface area contributed by atoms with Crippen LogP contribution in [0.1, 0.15) is 54.4 Å². The highest BCUT2D eigenvalue weighted by atomic mass is 16.5. The third-order valence-corrected chi connectivity index (χ3v) is 7.64. The predicted molar refractivity (Wildman–Crippen MR) is 132 cm³/mol. The largest absolute Gasteiger partial charge is 0.457 e. The lowest BCUT2D eigenvalue weighted by Crippen LogP contribution is -2.52. The van der Waals surface area contributed by atoms with Crippen molar-refractivity contribution in [2.75, 3.05) is 11.9 Å². The van der Waals surface area contributed by atoms with Crippen molar-refractivity contribution in [3.8, 4) is 0 Å².